The summed E-state index contributed by atoms with van der Waals surface area (Å²) in [5, 5.41) is 8.78. The molecule has 0 fully saturated rings. The predicted molar refractivity (Wildman–Crippen MR) is 31.3 cm³/mol. The lowest BCUT2D eigenvalue weighted by Crippen LogP contribution is -2.10. The fourth-order valence-corrected chi connectivity index (χ4v) is 0.824. The van der Waals surface area contributed by atoms with Gasteiger partial charge in [0.2, 0.25) is 0 Å². The molecule has 0 radical (unpaired) electrons. The van der Waals surface area contributed by atoms with E-state index < -0.39 is 7.82 Å². The summed E-state index contributed by atoms with van der Waals surface area (Å²) in [6.07, 6.45) is 1.05. The number of hydrogen-bond donors (Lipinski definition) is 1. The number of rotatable bonds is 3. The number of phosphoric acid groups is 1. The van der Waals surface area contributed by atoms with Crippen LogP contribution in [-0.2, 0) is 13.7 Å². The highest BCUT2D eigenvalue weighted by Gasteiger charge is 2.23. The first-order valence-corrected chi connectivity index (χ1v) is 3.75. The largest absolute Gasteiger partial charge is 0.554 e. The first-order chi connectivity index (χ1) is 4.48. The fourth-order valence-electron chi connectivity index (χ4n) is 0.275. The maximum absolute atomic E-state index is 10.5. The van der Waals surface area contributed by atoms with E-state index in [1.807, 2.05) is 0 Å². The number of hydroxylamine groups is 2. The topological polar surface area (TPSA) is 82.8 Å². The molecule has 6 nitrogen and oxygen atoms in total. The summed E-state index contributed by atoms with van der Waals surface area (Å²) < 4.78 is 18.3. The van der Waals surface area contributed by atoms with Crippen molar-refractivity contribution in [2.75, 3.05) is 14.1 Å². The van der Waals surface area contributed by atoms with Gasteiger partial charge >= 0.3 is 7.82 Å². The molecule has 0 saturated carbocycles. The molecule has 58 valence electrons. The van der Waals surface area contributed by atoms with E-state index in [2.05, 4.69) is 9.15 Å². The van der Waals surface area contributed by atoms with Gasteiger partial charge in [0.25, 0.3) is 6.26 Å². The van der Waals surface area contributed by atoms with Crippen LogP contribution in [0.15, 0.2) is 0 Å². The Hall–Kier alpha value is -0.600. The standard InChI is InChI=1S/C3H7N2O4P/c1-5(2)9-10(6,7)8-3-4/h1-2H3,(H,6,7). The molecule has 0 aromatic heterocycles. The third-order valence-corrected chi connectivity index (χ3v) is 1.27. The monoisotopic (exact) mass is 166 g/mol. The van der Waals surface area contributed by atoms with Crippen molar-refractivity contribution < 1.29 is 18.6 Å². The number of nitrogens with zero attached hydrogens (tertiary/aromatic N) is 2. The summed E-state index contributed by atoms with van der Waals surface area (Å²) in [6, 6.07) is 0. The smallest absolute Gasteiger partial charge is 0.327 e. The molecule has 0 spiro atoms. The van der Waals surface area contributed by atoms with E-state index >= 15 is 0 Å². The van der Waals surface area contributed by atoms with E-state index in [1.165, 1.54) is 14.1 Å². The SMILES string of the molecule is CN(C)OP(=O)(O)OC#N. The first-order valence-electron chi connectivity index (χ1n) is 2.25. The van der Waals surface area contributed by atoms with Gasteiger partial charge in [-0.25, -0.2) is 4.57 Å². The van der Waals surface area contributed by atoms with Crippen LogP contribution in [0.1, 0.15) is 0 Å². The lowest BCUT2D eigenvalue weighted by atomic mass is 11.2. The molecular formula is C3H7N2O4P. The third-order valence-electron chi connectivity index (χ3n) is 0.423. The highest BCUT2D eigenvalue weighted by molar-refractivity contribution is 7.47. The molecule has 1 atom stereocenters. The van der Waals surface area contributed by atoms with Gasteiger partial charge in [-0.05, 0) is 0 Å². The van der Waals surface area contributed by atoms with Gasteiger partial charge in [0.1, 0.15) is 0 Å². The molecule has 0 aliphatic heterocycles. The van der Waals surface area contributed by atoms with Crippen molar-refractivity contribution >= 4 is 7.82 Å². The minimum Gasteiger partial charge on any atom is -0.327 e. The van der Waals surface area contributed by atoms with Crippen molar-refractivity contribution in [3.05, 3.63) is 0 Å². The highest BCUT2D eigenvalue weighted by Crippen LogP contribution is 2.42. The van der Waals surface area contributed by atoms with Gasteiger partial charge in [-0.2, -0.15) is 9.69 Å². The maximum atomic E-state index is 10.5. The Morgan fingerprint density at radius 2 is 2.20 bits per heavy atom. The molecule has 0 heterocycles. The van der Waals surface area contributed by atoms with Gasteiger partial charge in [0.05, 0.1) is 0 Å². The van der Waals surface area contributed by atoms with Crippen molar-refractivity contribution in [3.8, 4) is 6.26 Å². The Balaban J connectivity index is 3.91. The highest BCUT2D eigenvalue weighted by atomic mass is 31.2. The van der Waals surface area contributed by atoms with Crippen molar-refractivity contribution in [3.63, 3.8) is 0 Å². The molecule has 7 heteroatoms. The minimum atomic E-state index is -4.18. The van der Waals surface area contributed by atoms with Gasteiger partial charge < -0.3 is 4.52 Å². The van der Waals surface area contributed by atoms with Gasteiger partial charge in [0, 0.05) is 14.1 Å². The van der Waals surface area contributed by atoms with E-state index in [0.717, 1.165) is 11.3 Å². The predicted octanol–water partition coefficient (Wildman–Crippen LogP) is 0.0777. The van der Waals surface area contributed by atoms with Crippen LogP contribution in [0.3, 0.4) is 0 Å². The summed E-state index contributed by atoms with van der Waals surface area (Å²) in [5.74, 6) is 0. The Morgan fingerprint density at radius 3 is 2.50 bits per heavy atom. The summed E-state index contributed by atoms with van der Waals surface area (Å²) in [7, 11) is -1.40. The van der Waals surface area contributed by atoms with Crippen LogP contribution < -0.4 is 0 Å². The molecule has 0 aliphatic rings. The molecular weight excluding hydrogens is 159 g/mol. The zero-order valence-corrected chi connectivity index (χ0v) is 6.41. The average Bonchev–Trinajstić information content (AvgIpc) is 1.59. The lowest BCUT2D eigenvalue weighted by Gasteiger charge is -2.11. The molecule has 1 N–H and O–H groups in total. The van der Waals surface area contributed by atoms with Crippen LogP contribution in [0.25, 0.3) is 0 Å². The Labute approximate surface area is 58.1 Å². The number of hydrogen-bond acceptors (Lipinski definition) is 5. The van der Waals surface area contributed by atoms with Crippen molar-refractivity contribution in [1.82, 2.24) is 5.06 Å². The van der Waals surface area contributed by atoms with E-state index in [0.29, 0.717) is 0 Å². The van der Waals surface area contributed by atoms with Crippen molar-refractivity contribution in [1.29, 1.82) is 5.26 Å². The Kier molecular flexibility index (Phi) is 3.33. The molecule has 0 aromatic rings. The van der Waals surface area contributed by atoms with E-state index in [9.17, 15) is 4.57 Å². The van der Waals surface area contributed by atoms with Crippen LogP contribution in [0.5, 0.6) is 0 Å². The maximum Gasteiger partial charge on any atom is 0.554 e. The fraction of sp³-hybridized carbons (Fsp3) is 0.667. The van der Waals surface area contributed by atoms with Crippen LogP contribution >= 0.6 is 7.82 Å². The molecule has 0 rings (SSSR count). The normalized spacial score (nSPS) is 15.9. The third kappa shape index (κ3) is 4.30. The zero-order valence-electron chi connectivity index (χ0n) is 5.51. The van der Waals surface area contributed by atoms with Crippen LogP contribution in [-0.4, -0.2) is 24.1 Å². The van der Waals surface area contributed by atoms with E-state index in [4.69, 9.17) is 10.2 Å². The lowest BCUT2D eigenvalue weighted by molar-refractivity contribution is -0.0333. The first kappa shape index (κ1) is 9.40. The molecule has 10 heavy (non-hydrogen) atoms. The molecule has 0 amide bonds. The molecule has 0 bridgehead atoms. The zero-order chi connectivity index (χ0) is 8.20. The summed E-state index contributed by atoms with van der Waals surface area (Å²) >= 11 is 0. The van der Waals surface area contributed by atoms with Crippen LogP contribution in [0.4, 0.5) is 0 Å². The van der Waals surface area contributed by atoms with Crippen LogP contribution in [0, 0.1) is 11.5 Å². The van der Waals surface area contributed by atoms with Crippen LogP contribution in [0.2, 0.25) is 0 Å². The minimum absolute atomic E-state index is 0.970. The quantitative estimate of drug-likeness (QED) is 0.363. The second kappa shape index (κ2) is 3.54. The molecule has 0 saturated heterocycles. The average molecular weight is 166 g/mol. The number of nitriles is 1. The van der Waals surface area contributed by atoms with Gasteiger partial charge in [-0.15, -0.1) is 5.26 Å². The summed E-state index contributed by atoms with van der Waals surface area (Å²) in [5.41, 5.74) is 0. The van der Waals surface area contributed by atoms with E-state index in [1.54, 1.807) is 0 Å². The van der Waals surface area contributed by atoms with E-state index in [-0.39, 0.29) is 0 Å². The second-order valence-corrected chi connectivity index (χ2v) is 2.83. The van der Waals surface area contributed by atoms with Gasteiger partial charge in [0.15, 0.2) is 0 Å². The number of phosphoric ester groups is 1. The Morgan fingerprint density at radius 1 is 1.70 bits per heavy atom. The second-order valence-electron chi connectivity index (χ2n) is 1.55. The van der Waals surface area contributed by atoms with Crippen molar-refractivity contribution in [2.24, 2.45) is 0 Å². The van der Waals surface area contributed by atoms with Gasteiger partial charge in [-0.1, -0.05) is 0 Å². The molecule has 1 unspecified atom stereocenters. The molecule has 0 aliphatic carbocycles. The van der Waals surface area contributed by atoms with Gasteiger partial charge in [-0.3, -0.25) is 4.89 Å². The summed E-state index contributed by atoms with van der Waals surface area (Å²) in [6.45, 7) is 0. The van der Waals surface area contributed by atoms with Crippen molar-refractivity contribution in [2.45, 2.75) is 0 Å². The Bertz CT molecular complexity index is 185. The summed E-state index contributed by atoms with van der Waals surface area (Å²) in [4.78, 5) is 8.53. The molecule has 0 aromatic carbocycles.